The van der Waals surface area contributed by atoms with E-state index in [2.05, 4.69) is 14.9 Å². The molecule has 7 nitrogen and oxygen atoms in total. The van der Waals surface area contributed by atoms with Crippen molar-refractivity contribution in [3.63, 3.8) is 0 Å². The fourth-order valence-corrected chi connectivity index (χ4v) is 3.10. The molecule has 2 aromatic heterocycles. The molecular formula is C21H29N5O2. The molecule has 150 valence electrons. The molecule has 0 aromatic carbocycles. The van der Waals surface area contributed by atoms with Gasteiger partial charge in [0.15, 0.2) is 0 Å². The van der Waals surface area contributed by atoms with Crippen LogP contribution in [0.3, 0.4) is 0 Å². The lowest BCUT2D eigenvalue weighted by atomic mass is 10.2. The minimum absolute atomic E-state index is 0. The van der Waals surface area contributed by atoms with Crippen molar-refractivity contribution >= 4 is 17.6 Å². The molecular weight excluding hydrogens is 354 g/mol. The molecule has 0 unspecified atom stereocenters. The second-order valence-electron chi connectivity index (χ2n) is 6.67. The lowest BCUT2D eigenvalue weighted by Crippen LogP contribution is -2.49. The monoisotopic (exact) mass is 383 g/mol. The van der Waals surface area contributed by atoms with Gasteiger partial charge >= 0.3 is 0 Å². The molecule has 1 fully saturated rings. The van der Waals surface area contributed by atoms with E-state index in [0.717, 1.165) is 24.5 Å². The summed E-state index contributed by atoms with van der Waals surface area (Å²) in [5.74, 6) is 0.782. The van der Waals surface area contributed by atoms with Gasteiger partial charge in [-0.2, -0.15) is 0 Å². The molecule has 0 bridgehead atoms. The van der Waals surface area contributed by atoms with Crippen LogP contribution in [0.15, 0.2) is 36.7 Å². The molecule has 2 aromatic rings. The summed E-state index contributed by atoms with van der Waals surface area (Å²) in [7, 11) is 1.74. The predicted octanol–water partition coefficient (Wildman–Crippen LogP) is 2.48. The molecule has 1 saturated heterocycles. The normalized spacial score (nSPS) is 13.7. The third-order valence-electron chi connectivity index (χ3n) is 4.90. The molecule has 28 heavy (non-hydrogen) atoms. The third kappa shape index (κ3) is 4.47. The van der Waals surface area contributed by atoms with Crippen molar-refractivity contribution in [1.29, 1.82) is 0 Å². The Hall–Kier alpha value is -2.96. The van der Waals surface area contributed by atoms with Crippen LogP contribution in [-0.2, 0) is 0 Å². The summed E-state index contributed by atoms with van der Waals surface area (Å²) in [5.41, 5.74) is 2.00. The summed E-state index contributed by atoms with van der Waals surface area (Å²) >= 11 is 0. The molecule has 0 spiro atoms. The molecule has 0 N–H and O–H groups in total. The minimum Gasteiger partial charge on any atom is -0.353 e. The second kappa shape index (κ2) is 9.30. The van der Waals surface area contributed by atoms with Crippen molar-refractivity contribution in [1.82, 2.24) is 19.8 Å². The van der Waals surface area contributed by atoms with E-state index in [-0.39, 0.29) is 19.2 Å². The summed E-state index contributed by atoms with van der Waals surface area (Å²) in [6.07, 6.45) is 3.28. The summed E-state index contributed by atoms with van der Waals surface area (Å²) in [4.78, 5) is 39.1. The largest absolute Gasteiger partial charge is 0.353 e. The van der Waals surface area contributed by atoms with Crippen LogP contribution in [0.4, 0.5) is 5.82 Å². The average molecular weight is 383 g/mol. The Morgan fingerprint density at radius 3 is 2.39 bits per heavy atom. The molecule has 0 radical (unpaired) electrons. The molecule has 7 heteroatoms. The zero-order valence-corrected chi connectivity index (χ0v) is 16.1. The van der Waals surface area contributed by atoms with Gasteiger partial charge in [0.25, 0.3) is 11.8 Å². The van der Waals surface area contributed by atoms with Gasteiger partial charge in [-0.25, -0.2) is 4.98 Å². The van der Waals surface area contributed by atoms with Gasteiger partial charge < -0.3 is 14.7 Å². The quantitative estimate of drug-likeness (QED) is 0.811. The first-order valence-corrected chi connectivity index (χ1v) is 9.18. The fourth-order valence-electron chi connectivity index (χ4n) is 3.10. The van der Waals surface area contributed by atoms with Crippen molar-refractivity contribution in [2.24, 2.45) is 0 Å². The summed E-state index contributed by atoms with van der Waals surface area (Å²) in [5, 5.41) is 0. The van der Waals surface area contributed by atoms with Crippen molar-refractivity contribution in [2.75, 3.05) is 44.7 Å². The Labute approximate surface area is 167 Å². The maximum Gasteiger partial charge on any atom is 0.272 e. The molecule has 2 amide bonds. The number of aryl methyl sites for hydroxylation is 1. The first kappa shape index (κ1) is 21.3. The van der Waals surface area contributed by atoms with E-state index < -0.39 is 0 Å². The van der Waals surface area contributed by atoms with E-state index in [0.29, 0.717) is 30.9 Å². The van der Waals surface area contributed by atoms with Crippen LogP contribution in [0.5, 0.6) is 0 Å². The van der Waals surface area contributed by atoms with Crippen LogP contribution in [0.25, 0.3) is 0 Å². The van der Waals surface area contributed by atoms with Gasteiger partial charge in [-0.1, -0.05) is 13.5 Å². The number of hydrogen-bond acceptors (Lipinski definition) is 5. The number of rotatable bonds is 4. The number of nitrogens with zero attached hydrogens (tertiary/aromatic N) is 5. The molecule has 0 atom stereocenters. The number of anilines is 1. The number of pyridine rings is 2. The van der Waals surface area contributed by atoms with Gasteiger partial charge in [-0.3, -0.25) is 14.6 Å². The van der Waals surface area contributed by atoms with Gasteiger partial charge in [0.1, 0.15) is 11.5 Å². The van der Waals surface area contributed by atoms with E-state index in [1.54, 1.807) is 35.2 Å². The Morgan fingerprint density at radius 2 is 1.82 bits per heavy atom. The molecule has 0 aliphatic carbocycles. The molecule has 0 saturated carbocycles. The maximum atomic E-state index is 12.7. The van der Waals surface area contributed by atoms with Crippen LogP contribution in [0.2, 0.25) is 0 Å². The Kier molecular flexibility index (Phi) is 7.09. The zero-order chi connectivity index (χ0) is 19.4. The Bertz CT molecular complexity index is 814. The standard InChI is InChI=1S/C20H25N5O2.CH4/c1-4-23(3)19(26)16-7-8-17(22-14-16)20(27)25-12-10-24(11-13-25)18-15(2)6-5-9-21-18;/h5-9,14H,4,10-13H2,1-3H3;1H4. The van der Waals surface area contributed by atoms with Gasteiger partial charge in [-0.15, -0.1) is 0 Å². The first-order valence-electron chi connectivity index (χ1n) is 9.18. The highest BCUT2D eigenvalue weighted by atomic mass is 16.2. The van der Waals surface area contributed by atoms with Crippen LogP contribution in [0.1, 0.15) is 40.8 Å². The van der Waals surface area contributed by atoms with Gasteiger partial charge in [0.05, 0.1) is 5.56 Å². The number of amides is 2. The number of hydrogen-bond donors (Lipinski definition) is 0. The minimum atomic E-state index is -0.102. The van der Waals surface area contributed by atoms with E-state index in [1.807, 2.05) is 26.0 Å². The van der Waals surface area contributed by atoms with Crippen molar-refractivity contribution in [3.8, 4) is 0 Å². The van der Waals surface area contributed by atoms with E-state index in [1.165, 1.54) is 6.20 Å². The highest BCUT2D eigenvalue weighted by Crippen LogP contribution is 2.18. The summed E-state index contributed by atoms with van der Waals surface area (Å²) < 4.78 is 0. The van der Waals surface area contributed by atoms with Crippen molar-refractivity contribution < 1.29 is 9.59 Å². The smallest absolute Gasteiger partial charge is 0.272 e. The summed E-state index contributed by atoms with van der Waals surface area (Å²) in [6.45, 7) is 7.30. The third-order valence-corrected chi connectivity index (χ3v) is 4.90. The highest BCUT2D eigenvalue weighted by Gasteiger charge is 2.24. The van der Waals surface area contributed by atoms with Gasteiger partial charge in [0, 0.05) is 52.2 Å². The van der Waals surface area contributed by atoms with E-state index in [9.17, 15) is 9.59 Å². The number of piperazine rings is 1. The Balaban J connectivity index is 0.00000280. The summed E-state index contributed by atoms with van der Waals surface area (Å²) in [6, 6.07) is 7.27. The first-order chi connectivity index (χ1) is 13.0. The SMILES string of the molecule is C.CCN(C)C(=O)c1ccc(C(=O)N2CCN(c3ncccc3C)CC2)nc1. The van der Waals surface area contributed by atoms with E-state index >= 15 is 0 Å². The lowest BCUT2D eigenvalue weighted by molar-refractivity contribution is 0.0738. The average Bonchev–Trinajstić information content (AvgIpc) is 2.73. The van der Waals surface area contributed by atoms with Gasteiger partial charge in [-0.05, 0) is 37.6 Å². The maximum absolute atomic E-state index is 12.7. The van der Waals surface area contributed by atoms with Crippen LogP contribution in [0, 0.1) is 6.92 Å². The Morgan fingerprint density at radius 1 is 1.11 bits per heavy atom. The second-order valence-corrected chi connectivity index (χ2v) is 6.67. The van der Waals surface area contributed by atoms with Crippen LogP contribution in [-0.4, -0.2) is 71.4 Å². The molecule has 3 rings (SSSR count). The molecule has 3 heterocycles. The zero-order valence-electron chi connectivity index (χ0n) is 16.1. The lowest BCUT2D eigenvalue weighted by Gasteiger charge is -2.35. The molecule has 1 aliphatic heterocycles. The fraction of sp³-hybridized carbons (Fsp3) is 0.429. The molecule has 1 aliphatic rings. The van der Waals surface area contributed by atoms with Crippen molar-refractivity contribution in [2.45, 2.75) is 21.3 Å². The predicted molar refractivity (Wildman–Crippen MR) is 111 cm³/mol. The number of carbonyl (C=O) groups excluding carboxylic acids is 2. The van der Waals surface area contributed by atoms with Crippen LogP contribution < -0.4 is 4.90 Å². The highest BCUT2D eigenvalue weighted by molar-refractivity contribution is 5.96. The van der Waals surface area contributed by atoms with Crippen LogP contribution >= 0.6 is 0 Å². The number of aromatic nitrogens is 2. The van der Waals surface area contributed by atoms with Gasteiger partial charge in [0.2, 0.25) is 0 Å². The van der Waals surface area contributed by atoms with Crippen molar-refractivity contribution in [3.05, 3.63) is 53.5 Å². The topological polar surface area (TPSA) is 69.6 Å². The number of carbonyl (C=O) groups is 2. The van der Waals surface area contributed by atoms with E-state index in [4.69, 9.17) is 0 Å².